The molecular formula is C35H37N3O4S2. The van der Waals surface area contributed by atoms with Gasteiger partial charge in [0.05, 0.1) is 17.4 Å². The summed E-state index contributed by atoms with van der Waals surface area (Å²) in [6, 6.07) is 25.3. The van der Waals surface area contributed by atoms with Crippen molar-refractivity contribution in [2.45, 2.75) is 56.8 Å². The summed E-state index contributed by atoms with van der Waals surface area (Å²) in [5, 5.41) is 6.20. The lowest BCUT2D eigenvalue weighted by molar-refractivity contribution is -0.115. The number of amides is 2. The highest BCUT2D eigenvalue weighted by atomic mass is 32.2. The van der Waals surface area contributed by atoms with Crippen LogP contribution in [0.5, 0.6) is 0 Å². The molecule has 1 atom stereocenters. The molecule has 0 fully saturated rings. The molecule has 0 radical (unpaired) electrons. The van der Waals surface area contributed by atoms with Gasteiger partial charge in [-0.15, -0.1) is 23.1 Å². The van der Waals surface area contributed by atoms with Gasteiger partial charge in [-0.3, -0.25) is 14.5 Å². The number of thioether (sulfide) groups is 1. The maximum absolute atomic E-state index is 13.6. The molecule has 44 heavy (non-hydrogen) atoms. The van der Waals surface area contributed by atoms with Crippen molar-refractivity contribution in [1.29, 1.82) is 0 Å². The van der Waals surface area contributed by atoms with Crippen LogP contribution < -0.4 is 10.6 Å². The van der Waals surface area contributed by atoms with Gasteiger partial charge in [-0.2, -0.15) is 0 Å². The molecule has 4 aromatic rings. The quantitative estimate of drug-likeness (QED) is 0.132. The summed E-state index contributed by atoms with van der Waals surface area (Å²) in [7, 11) is 0. The number of rotatable bonds is 11. The lowest BCUT2D eigenvalue weighted by atomic mass is 10.0. The van der Waals surface area contributed by atoms with Crippen LogP contribution in [0.15, 0.2) is 83.8 Å². The molecule has 9 heteroatoms. The maximum atomic E-state index is 13.6. The van der Waals surface area contributed by atoms with E-state index in [0.29, 0.717) is 34.8 Å². The molecule has 2 N–H and O–H groups in total. The first kappa shape index (κ1) is 31.5. The number of fused-ring (bicyclic) bond motifs is 1. The predicted octanol–water partition coefficient (Wildman–Crippen LogP) is 7.55. The Morgan fingerprint density at radius 3 is 2.52 bits per heavy atom. The van der Waals surface area contributed by atoms with Gasteiger partial charge in [-0.05, 0) is 68.1 Å². The molecular weight excluding hydrogens is 591 g/mol. The Morgan fingerprint density at radius 1 is 0.977 bits per heavy atom. The van der Waals surface area contributed by atoms with Gasteiger partial charge < -0.3 is 15.4 Å². The van der Waals surface area contributed by atoms with Gasteiger partial charge in [0.25, 0.3) is 5.91 Å². The lowest BCUT2D eigenvalue weighted by Gasteiger charge is -2.27. The van der Waals surface area contributed by atoms with Crippen LogP contribution >= 0.6 is 23.1 Å². The van der Waals surface area contributed by atoms with E-state index < -0.39 is 11.2 Å². The number of esters is 1. The number of carbonyl (C=O) groups excluding carboxylic acids is 3. The summed E-state index contributed by atoms with van der Waals surface area (Å²) in [4.78, 5) is 43.8. The van der Waals surface area contributed by atoms with E-state index in [9.17, 15) is 14.4 Å². The van der Waals surface area contributed by atoms with E-state index >= 15 is 0 Å². The van der Waals surface area contributed by atoms with Gasteiger partial charge in [0.2, 0.25) is 5.91 Å². The maximum Gasteiger partial charge on any atom is 0.341 e. The van der Waals surface area contributed by atoms with Crippen molar-refractivity contribution in [3.63, 3.8) is 0 Å². The molecule has 0 saturated carbocycles. The average Bonchev–Trinajstić information content (AvgIpc) is 3.37. The van der Waals surface area contributed by atoms with E-state index in [-0.39, 0.29) is 18.4 Å². The van der Waals surface area contributed by atoms with Crippen LogP contribution in [0.25, 0.3) is 0 Å². The third-order valence-electron chi connectivity index (χ3n) is 7.41. The number of thiophene rings is 1. The fraction of sp³-hybridized carbons (Fsp3) is 0.286. The molecule has 1 aromatic heterocycles. The summed E-state index contributed by atoms with van der Waals surface area (Å²) >= 11 is 2.90. The van der Waals surface area contributed by atoms with Crippen molar-refractivity contribution >= 4 is 51.6 Å². The van der Waals surface area contributed by atoms with Crippen LogP contribution in [-0.2, 0) is 29.0 Å². The number of anilines is 2. The minimum absolute atomic E-state index is 0.169. The van der Waals surface area contributed by atoms with Gasteiger partial charge >= 0.3 is 5.97 Å². The Bertz CT molecular complexity index is 1640. The number of nitrogens with zero attached hydrogens (tertiary/aromatic N) is 1. The summed E-state index contributed by atoms with van der Waals surface area (Å²) in [5.74, 6) is -0.748. The molecule has 0 bridgehead atoms. The Balaban J connectivity index is 1.29. The molecule has 5 rings (SSSR count). The molecule has 1 aliphatic rings. The van der Waals surface area contributed by atoms with Crippen molar-refractivity contribution in [3.8, 4) is 0 Å². The number of aryl methyl sites for hydroxylation is 1. The van der Waals surface area contributed by atoms with Crippen LogP contribution in [0.2, 0.25) is 0 Å². The van der Waals surface area contributed by atoms with Gasteiger partial charge in [0.15, 0.2) is 0 Å². The van der Waals surface area contributed by atoms with Crippen molar-refractivity contribution in [3.05, 3.63) is 112 Å². The molecule has 0 aliphatic carbocycles. The summed E-state index contributed by atoms with van der Waals surface area (Å²) < 4.78 is 5.43. The Morgan fingerprint density at radius 2 is 1.77 bits per heavy atom. The van der Waals surface area contributed by atoms with E-state index in [4.69, 9.17) is 4.74 Å². The van der Waals surface area contributed by atoms with Crippen molar-refractivity contribution in [1.82, 2.24) is 4.90 Å². The fourth-order valence-electron chi connectivity index (χ4n) is 5.26. The summed E-state index contributed by atoms with van der Waals surface area (Å²) in [6.07, 6.45) is 1.30. The standard InChI is InChI=1S/C35H37N3O4S2/c1-4-29(43-27-16-10-15-26(20-27)36-32(39)25-14-9-11-23(3)19-25)33(40)37-34-31(35(41)42-5-2)28-17-18-38(22-30(28)44-34)21-24-12-7-6-8-13-24/h6-16,19-20,29H,4-5,17-18,21-22H2,1-3H3,(H,36,39)(H,37,40). The van der Waals surface area contributed by atoms with E-state index in [1.165, 1.54) is 28.7 Å². The third-order valence-corrected chi connectivity index (χ3v) is 9.91. The van der Waals surface area contributed by atoms with Crippen LogP contribution in [-0.4, -0.2) is 41.1 Å². The number of carbonyl (C=O) groups is 3. The second kappa shape index (κ2) is 14.7. The van der Waals surface area contributed by atoms with Gasteiger partial charge in [0.1, 0.15) is 5.00 Å². The zero-order valence-corrected chi connectivity index (χ0v) is 26.9. The summed E-state index contributed by atoms with van der Waals surface area (Å²) in [5.41, 5.74) is 4.97. The summed E-state index contributed by atoms with van der Waals surface area (Å²) in [6.45, 7) is 8.33. The van der Waals surface area contributed by atoms with Crippen molar-refractivity contribution < 1.29 is 19.1 Å². The molecule has 0 spiro atoms. The zero-order chi connectivity index (χ0) is 31.1. The first-order chi connectivity index (χ1) is 21.3. The molecule has 228 valence electrons. The average molecular weight is 628 g/mol. The van der Waals surface area contributed by atoms with Gasteiger partial charge in [-0.1, -0.05) is 61.0 Å². The molecule has 3 aromatic carbocycles. The predicted molar refractivity (Wildman–Crippen MR) is 179 cm³/mol. The first-order valence-electron chi connectivity index (χ1n) is 14.9. The largest absolute Gasteiger partial charge is 0.462 e. The molecule has 2 heterocycles. The topological polar surface area (TPSA) is 87.7 Å². The number of ether oxygens (including phenoxy) is 1. The smallest absolute Gasteiger partial charge is 0.341 e. The molecule has 1 aliphatic heterocycles. The Labute approximate surface area is 267 Å². The van der Waals surface area contributed by atoms with E-state index in [1.54, 1.807) is 13.0 Å². The Hall–Kier alpha value is -3.92. The van der Waals surface area contributed by atoms with E-state index in [2.05, 4.69) is 27.7 Å². The minimum atomic E-state index is -0.401. The highest BCUT2D eigenvalue weighted by molar-refractivity contribution is 8.00. The van der Waals surface area contributed by atoms with E-state index in [0.717, 1.165) is 40.4 Å². The van der Waals surface area contributed by atoms with Crippen LogP contribution in [0, 0.1) is 6.92 Å². The lowest BCUT2D eigenvalue weighted by Crippen LogP contribution is -2.30. The molecule has 2 amide bonds. The fourth-order valence-corrected chi connectivity index (χ4v) is 7.55. The highest BCUT2D eigenvalue weighted by Crippen LogP contribution is 2.39. The number of benzene rings is 3. The van der Waals surface area contributed by atoms with Crippen molar-refractivity contribution in [2.24, 2.45) is 0 Å². The van der Waals surface area contributed by atoms with Crippen LogP contribution in [0.1, 0.15) is 62.6 Å². The molecule has 7 nitrogen and oxygen atoms in total. The first-order valence-corrected chi connectivity index (χ1v) is 16.6. The monoisotopic (exact) mass is 627 g/mol. The number of hydrogen-bond donors (Lipinski definition) is 2. The van der Waals surface area contributed by atoms with Crippen LogP contribution in [0.4, 0.5) is 10.7 Å². The SMILES string of the molecule is CCOC(=O)c1c(NC(=O)C(CC)Sc2cccc(NC(=O)c3cccc(C)c3)c2)sc2c1CCN(Cc1ccccc1)C2. The minimum Gasteiger partial charge on any atom is -0.462 e. The second-order valence-electron chi connectivity index (χ2n) is 10.7. The zero-order valence-electron chi connectivity index (χ0n) is 25.2. The number of nitrogens with one attached hydrogen (secondary N) is 2. The van der Waals surface area contributed by atoms with Gasteiger partial charge in [-0.25, -0.2) is 4.79 Å². The molecule has 1 unspecified atom stereocenters. The Kier molecular flexibility index (Phi) is 10.5. The van der Waals surface area contributed by atoms with E-state index in [1.807, 2.05) is 74.5 Å². The van der Waals surface area contributed by atoms with Gasteiger partial charge in [0, 0.05) is 40.7 Å². The highest BCUT2D eigenvalue weighted by Gasteiger charge is 2.31. The normalized spacial score (nSPS) is 13.5. The van der Waals surface area contributed by atoms with Crippen LogP contribution in [0.3, 0.4) is 0 Å². The molecule has 0 saturated heterocycles. The number of hydrogen-bond acceptors (Lipinski definition) is 7. The van der Waals surface area contributed by atoms with Crippen molar-refractivity contribution in [2.75, 3.05) is 23.8 Å². The third kappa shape index (κ3) is 7.77. The second-order valence-corrected chi connectivity index (χ2v) is 13.1.